The van der Waals surface area contributed by atoms with E-state index in [0.717, 1.165) is 67.7 Å². The van der Waals surface area contributed by atoms with Crippen LogP contribution >= 0.6 is 11.6 Å². The second-order valence-corrected chi connectivity index (χ2v) is 11.3. The molecule has 188 valence electrons. The molecule has 3 aliphatic rings. The molecule has 3 fully saturated rings. The number of halogens is 1. The van der Waals surface area contributed by atoms with E-state index in [1.807, 2.05) is 24.3 Å². The highest BCUT2D eigenvalue weighted by molar-refractivity contribution is 6.35. The molecule has 2 aliphatic carbocycles. The molecule has 6 nitrogen and oxygen atoms in total. The van der Waals surface area contributed by atoms with Gasteiger partial charge in [-0.1, -0.05) is 62.3 Å². The molecule has 2 N–H and O–H groups in total. The number of guanidine groups is 1. The first-order valence-electron chi connectivity index (χ1n) is 13.4. The van der Waals surface area contributed by atoms with Crippen LogP contribution in [0.5, 0.6) is 0 Å². The zero-order valence-corrected chi connectivity index (χ0v) is 21.6. The molecular weight excluding hydrogens is 458 g/mol. The summed E-state index contributed by atoms with van der Waals surface area (Å²) >= 11 is 6.37. The predicted octanol–water partition coefficient (Wildman–Crippen LogP) is 6.30. The van der Waals surface area contributed by atoms with Gasteiger partial charge in [0.15, 0.2) is 0 Å². The van der Waals surface area contributed by atoms with Gasteiger partial charge in [-0.05, 0) is 62.1 Å². The molecule has 0 unspecified atom stereocenters. The van der Waals surface area contributed by atoms with Crippen LogP contribution in [0.2, 0.25) is 5.02 Å². The molecule has 2 saturated carbocycles. The smallest absolute Gasteiger partial charge is 0.251 e. The van der Waals surface area contributed by atoms with E-state index >= 15 is 0 Å². The lowest BCUT2D eigenvalue weighted by atomic mass is 9.84. The van der Waals surface area contributed by atoms with E-state index < -0.39 is 0 Å². The molecular formula is C28H38ClN5O. The van der Waals surface area contributed by atoms with Crippen molar-refractivity contribution in [3.05, 3.63) is 35.4 Å². The Morgan fingerprint density at radius 1 is 1.03 bits per heavy atom. The van der Waals surface area contributed by atoms with Crippen molar-refractivity contribution in [1.82, 2.24) is 14.8 Å². The molecule has 5 rings (SSSR count). The van der Waals surface area contributed by atoms with Crippen LogP contribution < -0.4 is 5.32 Å². The maximum absolute atomic E-state index is 13.0. The Bertz CT molecular complexity index is 1070. The number of anilines is 1. The van der Waals surface area contributed by atoms with Gasteiger partial charge < -0.3 is 10.2 Å². The van der Waals surface area contributed by atoms with Gasteiger partial charge in [0.2, 0.25) is 5.96 Å². The summed E-state index contributed by atoms with van der Waals surface area (Å²) in [5.41, 5.74) is 0.833. The summed E-state index contributed by atoms with van der Waals surface area (Å²) in [6.07, 6.45) is 13.0. The molecule has 0 spiro atoms. The number of hydrogen-bond donors (Lipinski definition) is 2. The first-order chi connectivity index (χ1) is 17.0. The molecule has 35 heavy (non-hydrogen) atoms. The van der Waals surface area contributed by atoms with Crippen molar-refractivity contribution < 1.29 is 4.79 Å². The van der Waals surface area contributed by atoms with Gasteiger partial charge >= 0.3 is 0 Å². The maximum Gasteiger partial charge on any atom is 0.251 e. The van der Waals surface area contributed by atoms with Crippen molar-refractivity contribution in [1.29, 1.82) is 5.41 Å². The van der Waals surface area contributed by atoms with E-state index in [1.165, 1.54) is 32.1 Å². The van der Waals surface area contributed by atoms with Crippen LogP contribution in [-0.4, -0.2) is 52.3 Å². The molecule has 2 aromatic rings. The quantitative estimate of drug-likeness (QED) is 0.473. The average molecular weight is 496 g/mol. The van der Waals surface area contributed by atoms with E-state index in [9.17, 15) is 4.79 Å². The first kappa shape index (κ1) is 24.4. The number of nitrogens with zero attached hydrogens (tertiary/aromatic N) is 3. The molecule has 1 amide bonds. The third-order valence-electron chi connectivity index (χ3n) is 8.42. The number of benzene rings is 1. The lowest BCUT2D eigenvalue weighted by molar-refractivity contribution is -0.127. The first-order valence-corrected chi connectivity index (χ1v) is 13.8. The van der Waals surface area contributed by atoms with Crippen molar-refractivity contribution in [2.75, 3.05) is 18.9 Å². The normalized spacial score (nSPS) is 26.1. The van der Waals surface area contributed by atoms with Gasteiger partial charge in [-0.3, -0.25) is 15.1 Å². The monoisotopic (exact) mass is 495 g/mol. The Morgan fingerprint density at radius 2 is 1.83 bits per heavy atom. The average Bonchev–Trinajstić information content (AvgIpc) is 3.07. The Kier molecular flexibility index (Phi) is 7.47. The van der Waals surface area contributed by atoms with E-state index in [1.54, 1.807) is 11.9 Å². The second kappa shape index (κ2) is 10.7. The van der Waals surface area contributed by atoms with Crippen LogP contribution in [0.25, 0.3) is 10.9 Å². The van der Waals surface area contributed by atoms with Crippen LogP contribution in [0, 0.1) is 17.2 Å². The van der Waals surface area contributed by atoms with Crippen LogP contribution in [0.1, 0.15) is 70.6 Å². The van der Waals surface area contributed by atoms with Crippen LogP contribution in [0.3, 0.4) is 0 Å². The number of nitrogens with one attached hydrogen (secondary N) is 2. The summed E-state index contributed by atoms with van der Waals surface area (Å²) in [6.45, 7) is 0.791. The molecule has 0 bridgehead atoms. The predicted molar refractivity (Wildman–Crippen MR) is 143 cm³/mol. The third-order valence-corrected chi connectivity index (χ3v) is 8.72. The molecule has 1 aliphatic heterocycles. The SMILES string of the molecule is CN1C(=N)N(C[C@H]2CCC[C@@H](Nc3ccc4cccc(Cl)c4n3)C2)[C@@H](CCC2CCCCC2)C1=O. The zero-order valence-electron chi connectivity index (χ0n) is 20.8. The van der Waals surface area contributed by atoms with E-state index in [4.69, 9.17) is 22.0 Å². The minimum absolute atomic E-state index is 0.105. The van der Waals surface area contributed by atoms with Crippen molar-refractivity contribution in [2.45, 2.75) is 82.7 Å². The highest BCUT2D eigenvalue weighted by atomic mass is 35.5. The Balaban J connectivity index is 1.21. The summed E-state index contributed by atoms with van der Waals surface area (Å²) in [4.78, 5) is 21.4. The number of carbonyl (C=O) groups excluding carboxylic acids is 1. The summed E-state index contributed by atoms with van der Waals surface area (Å²) < 4.78 is 0. The Morgan fingerprint density at radius 3 is 2.66 bits per heavy atom. The minimum Gasteiger partial charge on any atom is -0.367 e. The van der Waals surface area contributed by atoms with Gasteiger partial charge in [-0.2, -0.15) is 0 Å². The van der Waals surface area contributed by atoms with E-state index in [-0.39, 0.29) is 11.9 Å². The molecule has 0 radical (unpaired) electrons. The van der Waals surface area contributed by atoms with Gasteiger partial charge in [-0.15, -0.1) is 0 Å². The van der Waals surface area contributed by atoms with Gasteiger partial charge in [-0.25, -0.2) is 4.98 Å². The molecule has 1 aromatic heterocycles. The Labute approximate surface area is 213 Å². The number of hydrogen-bond acceptors (Lipinski definition) is 4. The standard InChI is InChI=1S/C28H38ClN5O/c1-33-27(35)24(15-13-19-7-3-2-4-8-19)34(28(33)30)18-20-9-5-11-22(17-20)31-25-16-14-21-10-6-12-23(29)26(21)32-25/h6,10,12,14,16,19-20,22,24,30H,2-5,7-9,11,13,15,17-18H2,1H3,(H,31,32)/t20-,22+,24-/m0/s1. The summed E-state index contributed by atoms with van der Waals surface area (Å²) in [5, 5.41) is 14.0. The number of amides is 1. The van der Waals surface area contributed by atoms with Crippen molar-refractivity contribution in [2.24, 2.45) is 11.8 Å². The summed E-state index contributed by atoms with van der Waals surface area (Å²) in [5.74, 6) is 2.57. The fraction of sp³-hybridized carbons (Fsp3) is 0.607. The zero-order chi connectivity index (χ0) is 24.4. The molecule has 1 saturated heterocycles. The lowest BCUT2D eigenvalue weighted by Gasteiger charge is -2.34. The number of rotatable bonds is 7. The topological polar surface area (TPSA) is 72.3 Å². The van der Waals surface area contributed by atoms with Crippen LogP contribution in [0.4, 0.5) is 5.82 Å². The van der Waals surface area contributed by atoms with Gasteiger partial charge in [0.05, 0.1) is 10.5 Å². The largest absolute Gasteiger partial charge is 0.367 e. The fourth-order valence-electron chi connectivity index (χ4n) is 6.43. The van der Waals surface area contributed by atoms with Gasteiger partial charge in [0.25, 0.3) is 5.91 Å². The number of aromatic nitrogens is 1. The van der Waals surface area contributed by atoms with Crippen LogP contribution in [-0.2, 0) is 4.79 Å². The fourth-order valence-corrected chi connectivity index (χ4v) is 6.65. The minimum atomic E-state index is -0.160. The number of likely N-dealkylation sites (N-methyl/N-ethyl adjacent to an activating group) is 1. The molecule has 2 heterocycles. The molecule has 3 atom stereocenters. The lowest BCUT2D eigenvalue weighted by Crippen LogP contribution is -2.41. The van der Waals surface area contributed by atoms with Crippen LogP contribution in [0.15, 0.2) is 30.3 Å². The number of pyridine rings is 1. The van der Waals surface area contributed by atoms with Crippen molar-refractivity contribution in [3.8, 4) is 0 Å². The van der Waals surface area contributed by atoms with Gasteiger partial charge in [0, 0.05) is 25.0 Å². The number of para-hydroxylation sites is 1. The third kappa shape index (κ3) is 5.42. The van der Waals surface area contributed by atoms with Crippen molar-refractivity contribution in [3.63, 3.8) is 0 Å². The molecule has 7 heteroatoms. The highest BCUT2D eigenvalue weighted by Gasteiger charge is 2.41. The van der Waals surface area contributed by atoms with E-state index in [2.05, 4.69) is 16.3 Å². The molecule has 1 aromatic carbocycles. The van der Waals surface area contributed by atoms with Crippen molar-refractivity contribution >= 4 is 40.2 Å². The summed E-state index contributed by atoms with van der Waals surface area (Å²) in [7, 11) is 1.76. The summed E-state index contributed by atoms with van der Waals surface area (Å²) in [6, 6.07) is 10.1. The number of fused-ring (bicyclic) bond motifs is 1. The van der Waals surface area contributed by atoms with E-state index in [0.29, 0.717) is 22.9 Å². The number of carbonyl (C=O) groups is 1. The maximum atomic E-state index is 13.0. The second-order valence-electron chi connectivity index (χ2n) is 10.9. The Hall–Kier alpha value is -2.34. The highest BCUT2D eigenvalue weighted by Crippen LogP contribution is 2.33. The van der Waals surface area contributed by atoms with Gasteiger partial charge in [0.1, 0.15) is 11.9 Å².